The fourth-order valence-corrected chi connectivity index (χ4v) is 1.78. The van der Waals surface area contributed by atoms with E-state index in [1.54, 1.807) is 25.7 Å². The van der Waals surface area contributed by atoms with E-state index in [1.165, 1.54) is 0 Å². The number of methoxy groups -OCH3 is 1. The largest absolute Gasteiger partial charge is 0.380 e. The molecular formula is C14H17N3O. The average molecular weight is 243 g/mol. The lowest BCUT2D eigenvalue weighted by atomic mass is 10.2. The molecule has 0 aliphatic carbocycles. The van der Waals surface area contributed by atoms with Gasteiger partial charge < -0.3 is 10.1 Å². The highest BCUT2D eigenvalue weighted by Gasteiger charge is 2.06. The highest BCUT2D eigenvalue weighted by molar-refractivity contribution is 5.47. The van der Waals surface area contributed by atoms with Crippen molar-refractivity contribution in [2.45, 2.75) is 19.6 Å². The molecule has 1 aromatic heterocycles. The molecule has 2 rings (SSSR count). The van der Waals surface area contributed by atoms with E-state index in [9.17, 15) is 0 Å². The maximum atomic E-state index is 5.12. The van der Waals surface area contributed by atoms with Crippen molar-refractivity contribution in [2.75, 3.05) is 12.4 Å². The minimum Gasteiger partial charge on any atom is -0.380 e. The van der Waals surface area contributed by atoms with Gasteiger partial charge in [-0.15, -0.1) is 0 Å². The van der Waals surface area contributed by atoms with E-state index < -0.39 is 0 Å². The SMILES string of the molecule is COCc1cccc(NC(C)c2cnccn2)c1. The standard InChI is InChI=1S/C14H17N3O/c1-11(14-9-15-6-7-16-14)17-13-5-3-4-12(8-13)10-18-2/h3-9,11,17H,10H2,1-2H3. The van der Waals surface area contributed by atoms with Gasteiger partial charge in [0.25, 0.3) is 0 Å². The number of benzene rings is 1. The summed E-state index contributed by atoms with van der Waals surface area (Å²) in [5.74, 6) is 0. The van der Waals surface area contributed by atoms with Crippen LogP contribution in [0.5, 0.6) is 0 Å². The molecule has 0 amide bonds. The number of nitrogens with zero attached hydrogens (tertiary/aromatic N) is 2. The maximum absolute atomic E-state index is 5.12. The molecule has 4 nitrogen and oxygen atoms in total. The van der Waals surface area contributed by atoms with Crippen molar-refractivity contribution in [3.63, 3.8) is 0 Å². The molecule has 18 heavy (non-hydrogen) atoms. The fourth-order valence-electron chi connectivity index (χ4n) is 1.78. The van der Waals surface area contributed by atoms with Crippen LogP contribution in [-0.2, 0) is 11.3 Å². The van der Waals surface area contributed by atoms with Gasteiger partial charge in [-0.1, -0.05) is 12.1 Å². The molecule has 0 saturated carbocycles. The number of anilines is 1. The van der Waals surface area contributed by atoms with Gasteiger partial charge in [0.15, 0.2) is 0 Å². The second-order valence-corrected chi connectivity index (χ2v) is 4.13. The molecule has 0 saturated heterocycles. The lowest BCUT2D eigenvalue weighted by Crippen LogP contribution is -2.08. The summed E-state index contributed by atoms with van der Waals surface area (Å²) in [4.78, 5) is 8.36. The molecule has 0 spiro atoms. The Morgan fingerprint density at radius 1 is 1.33 bits per heavy atom. The van der Waals surface area contributed by atoms with E-state index in [2.05, 4.69) is 28.3 Å². The second kappa shape index (κ2) is 6.12. The lowest BCUT2D eigenvalue weighted by Gasteiger charge is -2.15. The van der Waals surface area contributed by atoms with Crippen LogP contribution in [0.2, 0.25) is 0 Å². The summed E-state index contributed by atoms with van der Waals surface area (Å²) < 4.78 is 5.12. The summed E-state index contributed by atoms with van der Waals surface area (Å²) >= 11 is 0. The van der Waals surface area contributed by atoms with Crippen LogP contribution in [0.25, 0.3) is 0 Å². The first-order valence-electron chi connectivity index (χ1n) is 5.90. The number of hydrogen-bond acceptors (Lipinski definition) is 4. The molecule has 2 aromatic rings. The highest BCUT2D eigenvalue weighted by Crippen LogP contribution is 2.18. The quantitative estimate of drug-likeness (QED) is 0.877. The van der Waals surface area contributed by atoms with Crippen molar-refractivity contribution in [1.29, 1.82) is 0 Å². The molecule has 0 radical (unpaired) electrons. The van der Waals surface area contributed by atoms with Crippen molar-refractivity contribution in [3.05, 3.63) is 54.1 Å². The first-order valence-corrected chi connectivity index (χ1v) is 5.90. The van der Waals surface area contributed by atoms with Crippen LogP contribution in [0, 0.1) is 0 Å². The summed E-state index contributed by atoms with van der Waals surface area (Å²) in [6.07, 6.45) is 5.15. The van der Waals surface area contributed by atoms with Gasteiger partial charge in [0.05, 0.1) is 24.5 Å². The smallest absolute Gasteiger partial charge is 0.0806 e. The summed E-state index contributed by atoms with van der Waals surface area (Å²) in [5, 5.41) is 3.40. The zero-order valence-electron chi connectivity index (χ0n) is 10.6. The van der Waals surface area contributed by atoms with Gasteiger partial charge in [0.2, 0.25) is 0 Å². The first kappa shape index (κ1) is 12.5. The number of ether oxygens (including phenoxy) is 1. The van der Waals surface area contributed by atoms with E-state index in [0.29, 0.717) is 6.61 Å². The molecule has 1 aromatic carbocycles. The number of rotatable bonds is 5. The van der Waals surface area contributed by atoms with Gasteiger partial charge in [-0.3, -0.25) is 9.97 Å². The van der Waals surface area contributed by atoms with Crippen LogP contribution in [0.4, 0.5) is 5.69 Å². The zero-order chi connectivity index (χ0) is 12.8. The van der Waals surface area contributed by atoms with Crippen molar-refractivity contribution >= 4 is 5.69 Å². The van der Waals surface area contributed by atoms with E-state index in [0.717, 1.165) is 16.9 Å². The third-order valence-corrected chi connectivity index (χ3v) is 2.65. The molecule has 1 unspecified atom stereocenters. The monoisotopic (exact) mass is 243 g/mol. The molecule has 1 heterocycles. The topological polar surface area (TPSA) is 47.0 Å². The van der Waals surface area contributed by atoms with Crippen LogP contribution < -0.4 is 5.32 Å². The van der Waals surface area contributed by atoms with E-state index in [-0.39, 0.29) is 6.04 Å². The zero-order valence-corrected chi connectivity index (χ0v) is 10.6. The molecular weight excluding hydrogens is 226 g/mol. The van der Waals surface area contributed by atoms with Gasteiger partial charge in [0, 0.05) is 25.2 Å². The van der Waals surface area contributed by atoms with Gasteiger partial charge in [-0.2, -0.15) is 0 Å². The predicted octanol–water partition coefficient (Wildman–Crippen LogP) is 2.80. The normalized spacial score (nSPS) is 12.1. The van der Waals surface area contributed by atoms with Crippen LogP contribution in [-0.4, -0.2) is 17.1 Å². The van der Waals surface area contributed by atoms with Crippen LogP contribution in [0.1, 0.15) is 24.2 Å². The predicted molar refractivity (Wildman–Crippen MR) is 71.2 cm³/mol. The molecule has 0 aliphatic heterocycles. The van der Waals surface area contributed by atoms with Crippen LogP contribution in [0.3, 0.4) is 0 Å². The van der Waals surface area contributed by atoms with Crippen molar-refractivity contribution in [1.82, 2.24) is 9.97 Å². The summed E-state index contributed by atoms with van der Waals surface area (Å²) in [6, 6.07) is 8.29. The van der Waals surface area contributed by atoms with Gasteiger partial charge >= 0.3 is 0 Å². The molecule has 1 N–H and O–H groups in total. The Bertz CT molecular complexity index is 487. The molecule has 0 bridgehead atoms. The fraction of sp³-hybridized carbons (Fsp3) is 0.286. The molecule has 94 valence electrons. The molecule has 4 heteroatoms. The number of hydrogen-bond donors (Lipinski definition) is 1. The molecule has 0 fully saturated rings. The average Bonchev–Trinajstić information content (AvgIpc) is 2.40. The Hall–Kier alpha value is -1.94. The van der Waals surface area contributed by atoms with Gasteiger partial charge in [-0.05, 0) is 24.6 Å². The Labute approximate surface area is 107 Å². The van der Waals surface area contributed by atoms with E-state index in [4.69, 9.17) is 4.74 Å². The maximum Gasteiger partial charge on any atom is 0.0806 e. The third-order valence-electron chi connectivity index (χ3n) is 2.65. The van der Waals surface area contributed by atoms with Crippen molar-refractivity contribution in [3.8, 4) is 0 Å². The minimum absolute atomic E-state index is 0.122. The highest BCUT2D eigenvalue weighted by atomic mass is 16.5. The Morgan fingerprint density at radius 3 is 2.94 bits per heavy atom. The Balaban J connectivity index is 2.07. The van der Waals surface area contributed by atoms with Gasteiger partial charge in [0.1, 0.15) is 0 Å². The Morgan fingerprint density at radius 2 is 2.22 bits per heavy atom. The minimum atomic E-state index is 0.122. The van der Waals surface area contributed by atoms with Gasteiger partial charge in [-0.25, -0.2) is 0 Å². The number of nitrogens with one attached hydrogen (secondary N) is 1. The lowest BCUT2D eigenvalue weighted by molar-refractivity contribution is 0.185. The summed E-state index contributed by atoms with van der Waals surface area (Å²) in [7, 11) is 1.70. The third kappa shape index (κ3) is 3.28. The van der Waals surface area contributed by atoms with Crippen molar-refractivity contribution in [2.24, 2.45) is 0 Å². The summed E-state index contributed by atoms with van der Waals surface area (Å²) in [5.41, 5.74) is 3.13. The Kier molecular flexibility index (Phi) is 4.25. The van der Waals surface area contributed by atoms with E-state index >= 15 is 0 Å². The number of aromatic nitrogens is 2. The summed E-state index contributed by atoms with van der Waals surface area (Å²) in [6.45, 7) is 2.68. The molecule has 0 aliphatic rings. The van der Waals surface area contributed by atoms with Crippen LogP contribution >= 0.6 is 0 Å². The molecule has 1 atom stereocenters. The van der Waals surface area contributed by atoms with Crippen LogP contribution in [0.15, 0.2) is 42.9 Å². The van der Waals surface area contributed by atoms with E-state index in [1.807, 2.05) is 18.2 Å². The first-order chi connectivity index (χ1) is 8.79. The van der Waals surface area contributed by atoms with Crippen molar-refractivity contribution < 1.29 is 4.74 Å². The second-order valence-electron chi connectivity index (χ2n) is 4.13.